The third kappa shape index (κ3) is 8.60. The summed E-state index contributed by atoms with van der Waals surface area (Å²) in [7, 11) is 0. The Morgan fingerprint density at radius 2 is 1.69 bits per heavy atom. The molecule has 3 amide bonds. The summed E-state index contributed by atoms with van der Waals surface area (Å²) in [5.74, 6) is -3.33. The summed E-state index contributed by atoms with van der Waals surface area (Å²) in [6.45, 7) is 5.43. The number of benzene rings is 1. The summed E-state index contributed by atoms with van der Waals surface area (Å²) in [5.41, 5.74) is 0.330. The normalized spacial score (nSPS) is 19.5. The van der Waals surface area contributed by atoms with Crippen molar-refractivity contribution >= 4 is 23.4 Å². The molecule has 3 fully saturated rings. The van der Waals surface area contributed by atoms with Gasteiger partial charge in [-0.1, -0.05) is 6.07 Å². The molecule has 3 aliphatic rings. The van der Waals surface area contributed by atoms with Crippen LogP contribution in [0.5, 0.6) is 0 Å². The largest absolute Gasteiger partial charge is 0.405 e. The first kappa shape index (κ1) is 32.9. The van der Waals surface area contributed by atoms with E-state index in [0.717, 1.165) is 44.8 Å². The maximum absolute atomic E-state index is 15.2. The second-order valence-corrected chi connectivity index (χ2v) is 12.4. The Morgan fingerprint density at radius 1 is 1.02 bits per heavy atom. The van der Waals surface area contributed by atoms with Gasteiger partial charge in [-0.3, -0.25) is 24.0 Å². The molecule has 3 N–H and O–H groups in total. The van der Waals surface area contributed by atoms with Crippen LogP contribution < -0.4 is 16.0 Å². The Morgan fingerprint density at radius 3 is 2.29 bits per heavy atom. The van der Waals surface area contributed by atoms with Crippen molar-refractivity contribution in [3.05, 3.63) is 47.5 Å². The number of aromatic nitrogens is 2. The van der Waals surface area contributed by atoms with Crippen molar-refractivity contribution in [2.75, 3.05) is 44.7 Å². The maximum Gasteiger partial charge on any atom is 0.405 e. The van der Waals surface area contributed by atoms with Crippen molar-refractivity contribution in [3.63, 3.8) is 0 Å². The highest BCUT2D eigenvalue weighted by Gasteiger charge is 2.48. The predicted molar refractivity (Wildman–Crippen MR) is 157 cm³/mol. The Hall–Kier alpha value is -3.52. The fourth-order valence-corrected chi connectivity index (χ4v) is 6.13. The molecule has 2 saturated carbocycles. The molecule has 1 saturated heterocycles. The minimum Gasteiger partial charge on any atom is -0.379 e. The third-order valence-corrected chi connectivity index (χ3v) is 8.84. The number of nitrogens with one attached hydrogen (secondary N) is 3. The van der Waals surface area contributed by atoms with Crippen LogP contribution in [0.4, 0.5) is 23.2 Å². The van der Waals surface area contributed by atoms with E-state index in [1.54, 1.807) is 22.3 Å². The van der Waals surface area contributed by atoms with Crippen LogP contribution >= 0.6 is 0 Å². The SMILES string of the molecule is CC(CN1CCOCC1)n1nccc1C(=O)N[C@H](C(=O)Nc1ccc([C@H](C)C(=O)NCC(F)(F)F)cc1F)C(C1CC1)C1CC1. The minimum atomic E-state index is -4.57. The molecule has 1 aromatic heterocycles. The van der Waals surface area contributed by atoms with E-state index in [2.05, 4.69) is 20.6 Å². The topological polar surface area (TPSA) is 118 Å². The van der Waals surface area contributed by atoms with Crippen LogP contribution in [-0.4, -0.2) is 84.0 Å². The number of carbonyl (C=O) groups is 3. The van der Waals surface area contributed by atoms with Crippen LogP contribution in [-0.2, 0) is 14.3 Å². The van der Waals surface area contributed by atoms with Crippen LogP contribution in [0.15, 0.2) is 30.5 Å². The van der Waals surface area contributed by atoms with Crippen LogP contribution in [0.3, 0.4) is 0 Å². The maximum atomic E-state index is 15.2. The van der Waals surface area contributed by atoms with Gasteiger partial charge >= 0.3 is 6.18 Å². The highest BCUT2D eigenvalue weighted by molar-refractivity contribution is 6.01. The second kappa shape index (κ2) is 13.9. The number of nitrogens with zero attached hydrogens (tertiary/aromatic N) is 3. The molecule has 0 bridgehead atoms. The Kier molecular flexibility index (Phi) is 10.1. The fraction of sp³-hybridized carbons (Fsp3) is 0.613. The number of hydrogen-bond donors (Lipinski definition) is 3. The molecule has 1 aliphatic heterocycles. The Labute approximate surface area is 259 Å². The van der Waals surface area contributed by atoms with Crippen molar-refractivity contribution in [2.24, 2.45) is 17.8 Å². The number of halogens is 4. The van der Waals surface area contributed by atoms with E-state index in [-0.39, 0.29) is 35.0 Å². The van der Waals surface area contributed by atoms with Gasteiger partial charge < -0.3 is 20.7 Å². The predicted octanol–water partition coefficient (Wildman–Crippen LogP) is 3.87. The molecule has 2 heterocycles. The zero-order chi connectivity index (χ0) is 32.3. The smallest absolute Gasteiger partial charge is 0.379 e. The van der Waals surface area contributed by atoms with Gasteiger partial charge in [0.25, 0.3) is 5.91 Å². The van der Waals surface area contributed by atoms with Gasteiger partial charge in [0.05, 0.1) is 30.9 Å². The van der Waals surface area contributed by atoms with Crippen LogP contribution in [0, 0.1) is 23.6 Å². The molecule has 10 nitrogen and oxygen atoms in total. The van der Waals surface area contributed by atoms with Crippen LogP contribution in [0.25, 0.3) is 0 Å². The monoisotopic (exact) mass is 636 g/mol. The van der Waals surface area contributed by atoms with Crippen LogP contribution in [0.1, 0.15) is 67.5 Å². The van der Waals surface area contributed by atoms with Crippen molar-refractivity contribution in [3.8, 4) is 0 Å². The van der Waals surface area contributed by atoms with E-state index in [1.807, 2.05) is 6.92 Å². The number of ether oxygens (including phenoxy) is 1. The van der Waals surface area contributed by atoms with Gasteiger partial charge in [0.15, 0.2) is 0 Å². The van der Waals surface area contributed by atoms with Gasteiger partial charge in [0.2, 0.25) is 11.8 Å². The molecule has 246 valence electrons. The van der Waals surface area contributed by atoms with E-state index < -0.39 is 48.2 Å². The number of morpholine rings is 1. The molecule has 2 aromatic rings. The zero-order valence-electron chi connectivity index (χ0n) is 25.4. The van der Waals surface area contributed by atoms with Crippen molar-refractivity contribution < 1.29 is 36.7 Å². The number of hydrogen-bond acceptors (Lipinski definition) is 6. The molecule has 1 unspecified atom stereocenters. The van der Waals surface area contributed by atoms with Crippen molar-refractivity contribution in [2.45, 2.75) is 63.7 Å². The summed E-state index contributed by atoms with van der Waals surface area (Å²) in [5, 5.41) is 11.8. The molecular formula is C31H40F4N6O4. The molecule has 14 heteroatoms. The van der Waals surface area contributed by atoms with E-state index in [0.29, 0.717) is 25.5 Å². The van der Waals surface area contributed by atoms with E-state index >= 15 is 4.39 Å². The van der Waals surface area contributed by atoms with Crippen LogP contribution in [0.2, 0.25) is 0 Å². The lowest BCUT2D eigenvalue weighted by Crippen LogP contribution is -2.50. The average molecular weight is 637 g/mol. The van der Waals surface area contributed by atoms with Gasteiger partial charge in [-0.15, -0.1) is 0 Å². The summed E-state index contributed by atoms with van der Waals surface area (Å²) in [6, 6.07) is 4.28. The fourth-order valence-electron chi connectivity index (χ4n) is 6.13. The lowest BCUT2D eigenvalue weighted by molar-refractivity contribution is -0.139. The Bertz CT molecular complexity index is 1360. The summed E-state index contributed by atoms with van der Waals surface area (Å²) in [4.78, 5) is 41.9. The molecule has 45 heavy (non-hydrogen) atoms. The molecule has 0 radical (unpaired) electrons. The van der Waals surface area contributed by atoms with Gasteiger partial charge in [0, 0.05) is 25.8 Å². The average Bonchev–Trinajstić information content (AvgIpc) is 3.95. The zero-order valence-corrected chi connectivity index (χ0v) is 25.4. The first-order valence-electron chi connectivity index (χ1n) is 15.5. The number of rotatable bonds is 13. The van der Waals surface area contributed by atoms with E-state index in [9.17, 15) is 27.6 Å². The van der Waals surface area contributed by atoms with Gasteiger partial charge in [-0.25, -0.2) is 4.39 Å². The van der Waals surface area contributed by atoms with Gasteiger partial charge in [0.1, 0.15) is 24.1 Å². The standard InChI is InChI=1S/C31H40F4N6O4/c1-18(16-40-11-13-45-14-12-40)41-25(9-10-37-41)29(43)39-27(26(20-3-4-20)21-5-6-21)30(44)38-24-8-7-22(15-23(24)32)19(2)28(42)36-17-31(33,34)35/h7-10,15,18-21,26-27H,3-6,11-14,16-17H2,1-2H3,(H,36,42)(H,38,44)(H,39,43)/t18?,19-,27-/m0/s1. The lowest BCUT2D eigenvalue weighted by Gasteiger charge is -2.30. The number of amides is 3. The van der Waals surface area contributed by atoms with Gasteiger partial charge in [-0.2, -0.15) is 18.3 Å². The minimum absolute atomic E-state index is 0.101. The highest BCUT2D eigenvalue weighted by Crippen LogP contribution is 2.51. The van der Waals surface area contributed by atoms with Crippen molar-refractivity contribution in [1.82, 2.24) is 25.3 Å². The van der Waals surface area contributed by atoms with Gasteiger partial charge in [-0.05, 0) is 81.0 Å². The van der Waals surface area contributed by atoms with Crippen molar-refractivity contribution in [1.29, 1.82) is 0 Å². The summed E-state index contributed by atoms with van der Waals surface area (Å²) < 4.78 is 59.8. The first-order valence-corrected chi connectivity index (χ1v) is 15.5. The number of alkyl halides is 3. The molecule has 2 aliphatic carbocycles. The summed E-state index contributed by atoms with van der Waals surface area (Å²) >= 11 is 0. The number of anilines is 1. The van der Waals surface area contributed by atoms with E-state index in [4.69, 9.17) is 4.74 Å². The summed E-state index contributed by atoms with van der Waals surface area (Å²) in [6.07, 6.45) is 0.791. The highest BCUT2D eigenvalue weighted by atomic mass is 19.4. The first-order chi connectivity index (χ1) is 21.4. The quantitative estimate of drug-likeness (QED) is 0.288. The van der Waals surface area contributed by atoms with E-state index in [1.165, 1.54) is 19.1 Å². The molecule has 3 atom stereocenters. The number of carbonyl (C=O) groups excluding carboxylic acids is 3. The lowest BCUT2D eigenvalue weighted by atomic mass is 9.88. The third-order valence-electron chi connectivity index (χ3n) is 8.84. The molecule has 5 rings (SSSR count). The second-order valence-electron chi connectivity index (χ2n) is 12.4. The Balaban J connectivity index is 1.29. The molecule has 1 aromatic carbocycles. The molecular weight excluding hydrogens is 596 g/mol. The molecule has 0 spiro atoms.